The van der Waals surface area contributed by atoms with E-state index in [2.05, 4.69) is 44.7 Å². The number of hydrogen-bond donors (Lipinski definition) is 4. The molecule has 2 aromatic heterocycles. The second-order valence-electron chi connectivity index (χ2n) is 8.57. The first-order valence-electron chi connectivity index (χ1n) is 11.4. The molecule has 3 aromatic rings. The number of hydrogen-bond acceptors (Lipinski definition) is 5. The minimum absolute atomic E-state index is 0.127. The maximum atomic E-state index is 12.9. The first-order valence-corrected chi connectivity index (χ1v) is 11.8. The Hall–Kier alpha value is -3.47. The number of halogens is 1. The molecule has 4 N–H and O–H groups in total. The molecule has 1 amide bonds. The molecule has 0 radical (unpaired) electrons. The van der Waals surface area contributed by atoms with Crippen molar-refractivity contribution in [2.75, 3.05) is 19.0 Å². The Kier molecular flexibility index (Phi) is 6.18. The number of anilines is 2. The number of rotatable bonds is 4. The smallest absolute Gasteiger partial charge is 0.255 e. The van der Waals surface area contributed by atoms with Gasteiger partial charge in [-0.2, -0.15) is 0 Å². The third-order valence-electron chi connectivity index (χ3n) is 6.24. The molecule has 4 heterocycles. The number of benzene rings is 1. The normalized spacial score (nSPS) is 19.1. The summed E-state index contributed by atoms with van der Waals surface area (Å²) in [5.74, 6) is 7.06. The van der Waals surface area contributed by atoms with E-state index in [-0.39, 0.29) is 11.9 Å². The topological polar surface area (TPSA) is 91.1 Å². The predicted molar refractivity (Wildman–Crippen MR) is 134 cm³/mol. The molecule has 8 heteroatoms. The second-order valence-corrected chi connectivity index (χ2v) is 8.98. The van der Waals surface area contributed by atoms with E-state index in [1.807, 2.05) is 18.2 Å². The van der Waals surface area contributed by atoms with Gasteiger partial charge in [0.05, 0.1) is 46.4 Å². The number of para-hydroxylation sites is 1. The summed E-state index contributed by atoms with van der Waals surface area (Å²) in [6.07, 6.45) is 6.36. The lowest BCUT2D eigenvalue weighted by atomic mass is 10.0. The summed E-state index contributed by atoms with van der Waals surface area (Å²) in [6, 6.07) is 8.04. The van der Waals surface area contributed by atoms with Gasteiger partial charge in [-0.25, -0.2) is 0 Å². The minimum atomic E-state index is -0.127. The number of ether oxygens (including phenoxy) is 1. The minimum Gasteiger partial charge on any atom is -0.493 e. The lowest BCUT2D eigenvalue weighted by Gasteiger charge is -2.17. The third-order valence-corrected chi connectivity index (χ3v) is 6.54. The number of H-pyrrole nitrogens is 1. The number of carbonyl (C=O) groups excluding carboxylic acids is 1. The van der Waals surface area contributed by atoms with Gasteiger partial charge in [-0.1, -0.05) is 29.5 Å². The number of fused-ring (bicyclic) bond motifs is 1. The van der Waals surface area contributed by atoms with E-state index in [9.17, 15) is 4.79 Å². The average Bonchev–Trinajstić information content (AvgIpc) is 3.42. The summed E-state index contributed by atoms with van der Waals surface area (Å²) >= 11 is 6.35. The van der Waals surface area contributed by atoms with Crippen LogP contribution in [-0.2, 0) is 6.42 Å². The lowest BCUT2D eigenvalue weighted by molar-refractivity contribution is 0.0947. The zero-order valence-electron chi connectivity index (χ0n) is 19.1. The van der Waals surface area contributed by atoms with Gasteiger partial charge in [0.1, 0.15) is 0 Å². The number of nitrogens with zero attached hydrogens (tertiary/aromatic N) is 1. The second kappa shape index (κ2) is 9.41. The third kappa shape index (κ3) is 4.23. The summed E-state index contributed by atoms with van der Waals surface area (Å²) < 4.78 is 5.52. The molecular formula is C26H26ClN5O2. The monoisotopic (exact) mass is 475 g/mol. The number of methoxy groups -OCH3 is 1. The molecule has 0 aliphatic carbocycles. The summed E-state index contributed by atoms with van der Waals surface area (Å²) in [7, 11) is 1.57. The molecule has 2 aliphatic rings. The first kappa shape index (κ1) is 22.3. The van der Waals surface area contributed by atoms with Gasteiger partial charge in [-0.05, 0) is 38.0 Å². The Morgan fingerprint density at radius 2 is 2.15 bits per heavy atom. The molecule has 7 nitrogen and oxygen atoms in total. The van der Waals surface area contributed by atoms with Gasteiger partial charge in [0.25, 0.3) is 5.91 Å². The number of carbonyl (C=O) groups is 1. The van der Waals surface area contributed by atoms with Crippen molar-refractivity contribution in [1.82, 2.24) is 20.6 Å². The number of nitrogens with one attached hydrogen (secondary N) is 4. The highest BCUT2D eigenvalue weighted by atomic mass is 35.5. The average molecular weight is 476 g/mol. The molecule has 5 rings (SSSR count). The van der Waals surface area contributed by atoms with Crippen LogP contribution in [-0.4, -0.2) is 41.6 Å². The fourth-order valence-electron chi connectivity index (χ4n) is 4.57. The Bertz CT molecular complexity index is 1310. The van der Waals surface area contributed by atoms with Gasteiger partial charge in [0.2, 0.25) is 0 Å². The van der Waals surface area contributed by atoms with E-state index in [4.69, 9.17) is 16.3 Å². The van der Waals surface area contributed by atoms with E-state index in [1.165, 1.54) is 0 Å². The summed E-state index contributed by atoms with van der Waals surface area (Å²) in [6.45, 7) is 2.76. The molecule has 34 heavy (non-hydrogen) atoms. The SMILES string of the molecule is COc1c(Cl)cccc1Nc1c(-c2ccncc2C#C[C@@H]2CC[C@@H](C)N2)[nH]c2c1C(=O)NCC2. The number of amides is 1. The Balaban J connectivity index is 1.62. The van der Waals surface area contributed by atoms with Gasteiger partial charge in [-0.15, -0.1) is 0 Å². The van der Waals surface area contributed by atoms with Crippen molar-refractivity contribution in [2.45, 2.75) is 38.3 Å². The van der Waals surface area contributed by atoms with Crippen LogP contribution in [0.5, 0.6) is 5.75 Å². The highest BCUT2D eigenvalue weighted by molar-refractivity contribution is 6.32. The molecule has 0 bridgehead atoms. The van der Waals surface area contributed by atoms with E-state index in [1.54, 1.807) is 25.6 Å². The van der Waals surface area contributed by atoms with Gasteiger partial charge >= 0.3 is 0 Å². The zero-order valence-corrected chi connectivity index (χ0v) is 19.8. The van der Waals surface area contributed by atoms with Crippen molar-refractivity contribution in [3.05, 3.63) is 58.5 Å². The van der Waals surface area contributed by atoms with Crippen molar-refractivity contribution < 1.29 is 9.53 Å². The summed E-state index contributed by atoms with van der Waals surface area (Å²) in [4.78, 5) is 20.7. The van der Waals surface area contributed by atoms with E-state index < -0.39 is 0 Å². The number of aromatic nitrogens is 2. The van der Waals surface area contributed by atoms with Crippen LogP contribution >= 0.6 is 11.6 Å². The van der Waals surface area contributed by atoms with Crippen LogP contribution < -0.4 is 20.7 Å². The van der Waals surface area contributed by atoms with Crippen LogP contribution in [0.4, 0.5) is 11.4 Å². The molecule has 0 unspecified atom stereocenters. The molecule has 0 spiro atoms. The predicted octanol–water partition coefficient (Wildman–Crippen LogP) is 4.26. The van der Waals surface area contributed by atoms with Crippen LogP contribution in [0.1, 0.15) is 41.4 Å². The number of aromatic amines is 1. The fourth-order valence-corrected chi connectivity index (χ4v) is 4.82. The molecule has 1 aromatic carbocycles. The fraction of sp³-hybridized carbons (Fsp3) is 0.308. The maximum Gasteiger partial charge on any atom is 0.255 e. The van der Waals surface area contributed by atoms with Crippen molar-refractivity contribution in [3.8, 4) is 28.8 Å². The molecular weight excluding hydrogens is 450 g/mol. The standard InChI is InChI=1S/C26H26ClN5O2/c1-15-6-8-17(30-15)9-7-16-14-28-12-10-18(16)23-24(22-20(31-23)11-13-29-26(22)33)32-21-5-3-4-19(27)25(21)34-2/h3-5,10,12,14-15,17,30-32H,6,8,11,13H2,1-2H3,(H,29,33)/t15-,17+/m1/s1. The molecule has 2 atom stereocenters. The van der Waals surface area contributed by atoms with Crippen molar-refractivity contribution >= 4 is 28.9 Å². The molecule has 174 valence electrons. The summed E-state index contributed by atoms with van der Waals surface area (Å²) in [5.41, 5.74) is 5.25. The van der Waals surface area contributed by atoms with Gasteiger partial charge < -0.3 is 25.7 Å². The van der Waals surface area contributed by atoms with Crippen LogP contribution in [0.15, 0.2) is 36.7 Å². The molecule has 0 saturated carbocycles. The Morgan fingerprint density at radius 1 is 1.26 bits per heavy atom. The van der Waals surface area contributed by atoms with Crippen LogP contribution in [0.2, 0.25) is 5.02 Å². The largest absolute Gasteiger partial charge is 0.493 e. The van der Waals surface area contributed by atoms with Crippen molar-refractivity contribution in [3.63, 3.8) is 0 Å². The van der Waals surface area contributed by atoms with Gasteiger partial charge in [0.15, 0.2) is 5.75 Å². The molecule has 1 fully saturated rings. The van der Waals surface area contributed by atoms with Gasteiger partial charge in [0, 0.05) is 42.7 Å². The van der Waals surface area contributed by atoms with E-state index in [0.29, 0.717) is 46.7 Å². The molecule has 2 aliphatic heterocycles. The molecule has 1 saturated heterocycles. The van der Waals surface area contributed by atoms with Crippen LogP contribution in [0, 0.1) is 11.8 Å². The highest BCUT2D eigenvalue weighted by Crippen LogP contribution is 2.41. The van der Waals surface area contributed by atoms with Crippen LogP contribution in [0.3, 0.4) is 0 Å². The van der Waals surface area contributed by atoms with Crippen molar-refractivity contribution in [2.24, 2.45) is 0 Å². The van der Waals surface area contributed by atoms with Gasteiger partial charge in [-0.3, -0.25) is 9.78 Å². The zero-order chi connectivity index (χ0) is 23.7. The first-order chi connectivity index (χ1) is 16.5. The van der Waals surface area contributed by atoms with Crippen LogP contribution in [0.25, 0.3) is 11.3 Å². The van der Waals surface area contributed by atoms with E-state index >= 15 is 0 Å². The number of pyridine rings is 1. The maximum absolute atomic E-state index is 12.9. The Morgan fingerprint density at radius 3 is 2.94 bits per heavy atom. The lowest BCUT2D eigenvalue weighted by Crippen LogP contribution is -2.31. The quantitative estimate of drug-likeness (QED) is 0.423. The Labute approximate surface area is 203 Å². The summed E-state index contributed by atoms with van der Waals surface area (Å²) in [5, 5.41) is 10.3. The van der Waals surface area contributed by atoms with Crippen molar-refractivity contribution in [1.29, 1.82) is 0 Å². The van der Waals surface area contributed by atoms with E-state index in [0.717, 1.165) is 35.4 Å². The highest BCUT2D eigenvalue weighted by Gasteiger charge is 2.28.